The van der Waals surface area contributed by atoms with E-state index in [2.05, 4.69) is 20.7 Å². The van der Waals surface area contributed by atoms with Crippen molar-refractivity contribution in [2.24, 2.45) is 0 Å². The number of carbonyl (C=O) groups is 1. The molecule has 5 nitrogen and oxygen atoms in total. The highest BCUT2D eigenvalue weighted by Crippen LogP contribution is 2.25. The fourth-order valence-electron chi connectivity index (χ4n) is 2.65. The fourth-order valence-corrected chi connectivity index (χ4v) is 3.94. The molecular weight excluding hydrogens is 392 g/mol. The Bertz CT molecular complexity index is 879. The number of nitrogens with one attached hydrogen (secondary N) is 1. The summed E-state index contributed by atoms with van der Waals surface area (Å²) in [7, 11) is -3.67. The van der Waals surface area contributed by atoms with Crippen LogP contribution in [0.25, 0.3) is 0 Å². The Morgan fingerprint density at radius 2 is 1.83 bits per heavy atom. The van der Waals surface area contributed by atoms with Crippen LogP contribution >= 0.6 is 15.9 Å². The van der Waals surface area contributed by atoms with Crippen molar-refractivity contribution in [1.82, 2.24) is 0 Å². The van der Waals surface area contributed by atoms with Crippen LogP contribution in [0.2, 0.25) is 0 Å². The van der Waals surface area contributed by atoms with Gasteiger partial charge in [-0.3, -0.25) is 9.52 Å². The van der Waals surface area contributed by atoms with Gasteiger partial charge in [0.25, 0.3) is 10.0 Å². The number of hydrogen-bond donors (Lipinski definition) is 1. The molecule has 2 aromatic rings. The van der Waals surface area contributed by atoms with Crippen LogP contribution in [-0.2, 0) is 14.8 Å². The van der Waals surface area contributed by atoms with Gasteiger partial charge in [-0.1, -0.05) is 15.9 Å². The van der Waals surface area contributed by atoms with Gasteiger partial charge >= 0.3 is 0 Å². The second kappa shape index (κ2) is 6.57. The Morgan fingerprint density at radius 1 is 1.12 bits per heavy atom. The molecule has 0 unspecified atom stereocenters. The van der Waals surface area contributed by atoms with Crippen LogP contribution in [0.4, 0.5) is 11.4 Å². The topological polar surface area (TPSA) is 66.5 Å². The molecule has 1 N–H and O–H groups in total. The van der Waals surface area contributed by atoms with Crippen molar-refractivity contribution in [2.45, 2.75) is 24.7 Å². The van der Waals surface area contributed by atoms with Gasteiger partial charge in [0.05, 0.1) is 4.90 Å². The van der Waals surface area contributed by atoms with Gasteiger partial charge in [0.1, 0.15) is 0 Å². The summed E-state index contributed by atoms with van der Waals surface area (Å²) in [5, 5.41) is 0. The Morgan fingerprint density at radius 3 is 2.42 bits per heavy atom. The third kappa shape index (κ3) is 3.47. The van der Waals surface area contributed by atoms with E-state index in [4.69, 9.17) is 0 Å². The quantitative estimate of drug-likeness (QED) is 0.838. The molecular formula is C17H17BrN2O3S. The number of carbonyl (C=O) groups excluding carboxylic acids is 1. The largest absolute Gasteiger partial charge is 0.312 e. The molecule has 24 heavy (non-hydrogen) atoms. The number of nitrogens with zero attached hydrogens (tertiary/aromatic N) is 1. The summed E-state index contributed by atoms with van der Waals surface area (Å²) in [4.78, 5) is 13.6. The molecule has 0 atom stereocenters. The lowest BCUT2D eigenvalue weighted by Gasteiger charge is -2.16. The first-order valence-corrected chi connectivity index (χ1v) is 9.84. The minimum atomic E-state index is -3.67. The zero-order valence-corrected chi connectivity index (χ0v) is 15.5. The van der Waals surface area contributed by atoms with E-state index in [0.717, 1.165) is 22.1 Å². The van der Waals surface area contributed by atoms with E-state index in [9.17, 15) is 13.2 Å². The van der Waals surface area contributed by atoms with Crippen molar-refractivity contribution in [3.05, 3.63) is 52.5 Å². The second-order valence-electron chi connectivity index (χ2n) is 5.71. The molecule has 1 aliphatic rings. The van der Waals surface area contributed by atoms with Gasteiger partial charge in [-0.2, -0.15) is 0 Å². The molecule has 1 heterocycles. The summed E-state index contributed by atoms with van der Waals surface area (Å²) in [6, 6.07) is 11.7. The molecule has 1 aliphatic heterocycles. The number of sulfonamides is 1. The molecule has 0 aromatic heterocycles. The predicted molar refractivity (Wildman–Crippen MR) is 97.7 cm³/mol. The molecule has 1 amide bonds. The molecule has 0 saturated carbocycles. The first-order chi connectivity index (χ1) is 11.4. The summed E-state index contributed by atoms with van der Waals surface area (Å²) in [6.07, 6.45) is 1.38. The lowest BCUT2D eigenvalue weighted by molar-refractivity contribution is -0.117. The normalized spacial score (nSPS) is 14.9. The molecule has 2 aromatic carbocycles. The first-order valence-electron chi connectivity index (χ1n) is 7.56. The van der Waals surface area contributed by atoms with Gasteiger partial charge in [0.15, 0.2) is 0 Å². The summed E-state index contributed by atoms with van der Waals surface area (Å²) in [5.41, 5.74) is 2.18. The van der Waals surface area contributed by atoms with Gasteiger partial charge in [-0.25, -0.2) is 8.42 Å². The van der Waals surface area contributed by atoms with Gasteiger partial charge < -0.3 is 4.90 Å². The maximum Gasteiger partial charge on any atom is 0.261 e. The van der Waals surface area contributed by atoms with Crippen LogP contribution < -0.4 is 9.62 Å². The summed E-state index contributed by atoms with van der Waals surface area (Å²) >= 11 is 3.39. The van der Waals surface area contributed by atoms with E-state index in [0.29, 0.717) is 18.7 Å². The molecule has 0 aliphatic carbocycles. The molecule has 3 rings (SSSR count). The van der Waals surface area contributed by atoms with Crippen LogP contribution in [0.1, 0.15) is 18.4 Å². The minimum Gasteiger partial charge on any atom is -0.312 e. The molecule has 1 fully saturated rings. The number of hydrogen-bond acceptors (Lipinski definition) is 3. The van der Waals surface area contributed by atoms with Crippen LogP contribution in [0.3, 0.4) is 0 Å². The highest BCUT2D eigenvalue weighted by atomic mass is 79.9. The molecule has 0 radical (unpaired) electrons. The monoisotopic (exact) mass is 408 g/mol. The van der Waals surface area contributed by atoms with E-state index in [1.165, 1.54) is 12.1 Å². The number of amides is 1. The first kappa shape index (κ1) is 17.0. The van der Waals surface area contributed by atoms with E-state index < -0.39 is 10.0 Å². The summed E-state index contributed by atoms with van der Waals surface area (Å²) < 4.78 is 28.5. The predicted octanol–water partition coefficient (Wildman–Crippen LogP) is 3.69. The van der Waals surface area contributed by atoms with Crippen molar-refractivity contribution in [3.63, 3.8) is 0 Å². The van der Waals surface area contributed by atoms with Crippen molar-refractivity contribution in [1.29, 1.82) is 0 Å². The standard InChI is InChI=1S/C17H17BrN2O3S/c1-12-11-13(4-9-16(12)18)19-24(22,23)15-7-5-14(6-8-15)20-10-2-3-17(20)21/h4-9,11,19H,2-3,10H2,1H3. The fraction of sp³-hybridized carbons (Fsp3) is 0.235. The van der Waals surface area contributed by atoms with Gasteiger partial charge in [0.2, 0.25) is 5.91 Å². The summed E-state index contributed by atoms with van der Waals surface area (Å²) in [5.74, 6) is 0.0778. The van der Waals surface area contributed by atoms with Crippen LogP contribution in [0, 0.1) is 6.92 Å². The highest BCUT2D eigenvalue weighted by molar-refractivity contribution is 9.10. The Labute approximate surface area is 149 Å². The number of aryl methyl sites for hydroxylation is 1. The molecule has 0 spiro atoms. The number of anilines is 2. The Balaban J connectivity index is 1.81. The number of benzene rings is 2. The van der Waals surface area contributed by atoms with Crippen LogP contribution in [0.5, 0.6) is 0 Å². The summed E-state index contributed by atoms with van der Waals surface area (Å²) in [6.45, 7) is 2.57. The molecule has 7 heteroatoms. The third-order valence-corrected chi connectivity index (χ3v) is 6.23. The molecule has 1 saturated heterocycles. The minimum absolute atomic E-state index is 0.0778. The van der Waals surface area contributed by atoms with Gasteiger partial charge in [-0.15, -0.1) is 0 Å². The van der Waals surface area contributed by atoms with Crippen LogP contribution in [0.15, 0.2) is 51.8 Å². The highest BCUT2D eigenvalue weighted by Gasteiger charge is 2.22. The maximum absolute atomic E-state index is 12.5. The molecule has 0 bridgehead atoms. The third-order valence-electron chi connectivity index (χ3n) is 3.94. The lowest BCUT2D eigenvalue weighted by atomic mass is 10.2. The van der Waals surface area contributed by atoms with Crippen molar-refractivity contribution in [2.75, 3.05) is 16.2 Å². The second-order valence-corrected chi connectivity index (χ2v) is 8.25. The number of halogens is 1. The van der Waals surface area contributed by atoms with Gasteiger partial charge in [-0.05, 0) is 61.4 Å². The Hall–Kier alpha value is -1.86. The Kier molecular flexibility index (Phi) is 4.64. The zero-order valence-electron chi connectivity index (χ0n) is 13.1. The van der Waals surface area contributed by atoms with E-state index in [1.54, 1.807) is 35.2 Å². The molecule has 126 valence electrons. The zero-order chi connectivity index (χ0) is 17.3. The van der Waals surface area contributed by atoms with Gasteiger partial charge in [0, 0.05) is 28.8 Å². The van der Waals surface area contributed by atoms with E-state index in [1.807, 2.05) is 6.92 Å². The lowest BCUT2D eigenvalue weighted by Crippen LogP contribution is -2.23. The van der Waals surface area contributed by atoms with E-state index in [-0.39, 0.29) is 10.8 Å². The average Bonchev–Trinajstić information content (AvgIpc) is 2.97. The van der Waals surface area contributed by atoms with Crippen molar-refractivity contribution < 1.29 is 13.2 Å². The van der Waals surface area contributed by atoms with Crippen molar-refractivity contribution in [3.8, 4) is 0 Å². The van der Waals surface area contributed by atoms with Crippen LogP contribution in [-0.4, -0.2) is 20.9 Å². The van der Waals surface area contributed by atoms with Crippen molar-refractivity contribution >= 4 is 43.2 Å². The smallest absolute Gasteiger partial charge is 0.261 e. The maximum atomic E-state index is 12.5. The SMILES string of the molecule is Cc1cc(NS(=O)(=O)c2ccc(N3CCCC3=O)cc2)ccc1Br. The van der Waals surface area contributed by atoms with E-state index >= 15 is 0 Å². The number of rotatable bonds is 4. The average molecular weight is 409 g/mol.